The zero-order valence-corrected chi connectivity index (χ0v) is 13.7. The van der Waals surface area contributed by atoms with Gasteiger partial charge < -0.3 is 10.1 Å². The Labute approximate surface area is 127 Å². The van der Waals surface area contributed by atoms with Crippen LogP contribution in [0.2, 0.25) is 0 Å². The van der Waals surface area contributed by atoms with Gasteiger partial charge in [0.1, 0.15) is 0 Å². The van der Waals surface area contributed by atoms with E-state index in [-0.39, 0.29) is 0 Å². The van der Waals surface area contributed by atoms with Crippen LogP contribution in [-0.2, 0) is 21.1 Å². The van der Waals surface area contributed by atoms with E-state index in [4.69, 9.17) is 4.74 Å². The lowest BCUT2D eigenvalue weighted by atomic mass is 10.00. The van der Waals surface area contributed by atoms with Gasteiger partial charge in [0.15, 0.2) is 9.84 Å². The van der Waals surface area contributed by atoms with Crippen molar-refractivity contribution in [2.45, 2.75) is 56.2 Å². The van der Waals surface area contributed by atoms with Crippen LogP contribution in [0.15, 0.2) is 29.2 Å². The molecule has 1 aromatic rings. The topological polar surface area (TPSA) is 55.4 Å². The van der Waals surface area contributed by atoms with Crippen LogP contribution in [0.1, 0.15) is 38.2 Å². The summed E-state index contributed by atoms with van der Waals surface area (Å²) in [5, 5.41) is 3.56. The second-order valence-corrected chi connectivity index (χ2v) is 7.82. The van der Waals surface area contributed by atoms with Crippen molar-refractivity contribution < 1.29 is 13.2 Å². The fourth-order valence-corrected chi connectivity index (χ4v) is 3.34. The second-order valence-electron chi connectivity index (χ2n) is 5.80. The van der Waals surface area contributed by atoms with E-state index in [0.29, 0.717) is 17.0 Å². The molecule has 0 spiro atoms. The Hall–Kier alpha value is -0.910. The van der Waals surface area contributed by atoms with Gasteiger partial charge in [0.2, 0.25) is 0 Å². The minimum atomic E-state index is -3.11. The predicted octanol–water partition coefficient (Wildman–Crippen LogP) is 2.53. The van der Waals surface area contributed by atoms with Crippen LogP contribution >= 0.6 is 0 Å². The van der Waals surface area contributed by atoms with Gasteiger partial charge in [-0.25, -0.2) is 8.42 Å². The Morgan fingerprint density at radius 2 is 2.00 bits per heavy atom. The van der Waals surface area contributed by atoms with Gasteiger partial charge in [0.05, 0.1) is 11.0 Å². The summed E-state index contributed by atoms with van der Waals surface area (Å²) in [6.45, 7) is 3.78. The van der Waals surface area contributed by atoms with E-state index in [1.165, 1.54) is 6.26 Å². The molecule has 1 aliphatic heterocycles. The molecule has 0 amide bonds. The first kappa shape index (κ1) is 16.5. The largest absolute Gasteiger partial charge is 0.378 e. The van der Waals surface area contributed by atoms with Crippen molar-refractivity contribution in [1.82, 2.24) is 5.32 Å². The van der Waals surface area contributed by atoms with Gasteiger partial charge in [-0.3, -0.25) is 0 Å². The number of ether oxygens (including phenoxy) is 1. The number of hydrogen-bond donors (Lipinski definition) is 1. The quantitative estimate of drug-likeness (QED) is 0.877. The maximum absolute atomic E-state index is 11.4. The third kappa shape index (κ3) is 5.09. The average Bonchev–Trinajstić information content (AvgIpc) is 2.45. The van der Waals surface area contributed by atoms with Crippen molar-refractivity contribution in [3.05, 3.63) is 29.8 Å². The van der Waals surface area contributed by atoms with E-state index in [0.717, 1.165) is 44.4 Å². The highest BCUT2D eigenvalue weighted by Crippen LogP contribution is 2.18. The molecule has 1 fully saturated rings. The Morgan fingerprint density at radius 1 is 1.29 bits per heavy atom. The molecule has 1 aromatic carbocycles. The first-order valence-electron chi connectivity index (χ1n) is 7.63. The molecule has 0 aliphatic carbocycles. The first-order chi connectivity index (χ1) is 9.99. The molecule has 1 aliphatic rings. The van der Waals surface area contributed by atoms with E-state index < -0.39 is 9.84 Å². The second kappa shape index (κ2) is 7.38. The monoisotopic (exact) mass is 311 g/mol. The third-order valence-electron chi connectivity index (χ3n) is 3.92. The van der Waals surface area contributed by atoms with Crippen molar-refractivity contribution in [1.29, 1.82) is 0 Å². The highest BCUT2D eigenvalue weighted by Gasteiger charge is 2.21. The smallest absolute Gasteiger partial charge is 0.175 e. The lowest BCUT2D eigenvalue weighted by Crippen LogP contribution is -2.38. The third-order valence-corrected chi connectivity index (χ3v) is 5.05. The zero-order valence-electron chi connectivity index (χ0n) is 12.8. The molecule has 0 aromatic heterocycles. The normalized spacial score (nSPS) is 23.1. The number of sulfone groups is 1. The SMILES string of the molecule is CCCC1CC(NCc2ccc(S(C)(=O)=O)cc2)CCO1. The Morgan fingerprint density at radius 3 is 2.62 bits per heavy atom. The molecule has 2 atom stereocenters. The summed E-state index contributed by atoms with van der Waals surface area (Å²) in [5.74, 6) is 0. The average molecular weight is 311 g/mol. The molecule has 2 unspecified atom stereocenters. The minimum absolute atomic E-state index is 0.375. The summed E-state index contributed by atoms with van der Waals surface area (Å²) in [4.78, 5) is 0.375. The number of hydrogen-bond acceptors (Lipinski definition) is 4. The van der Waals surface area contributed by atoms with Crippen LogP contribution < -0.4 is 5.32 Å². The van der Waals surface area contributed by atoms with Gasteiger partial charge in [0, 0.05) is 25.4 Å². The first-order valence-corrected chi connectivity index (χ1v) is 9.52. The van der Waals surface area contributed by atoms with Gasteiger partial charge in [-0.05, 0) is 37.0 Å². The van der Waals surface area contributed by atoms with Crippen molar-refractivity contribution in [2.75, 3.05) is 12.9 Å². The van der Waals surface area contributed by atoms with Crippen LogP contribution in [0.25, 0.3) is 0 Å². The summed E-state index contributed by atoms with van der Waals surface area (Å²) < 4.78 is 28.6. The van der Waals surface area contributed by atoms with Gasteiger partial charge >= 0.3 is 0 Å². The number of rotatable bonds is 6. The number of nitrogens with one attached hydrogen (secondary N) is 1. The standard InChI is InChI=1S/C16H25NO3S/c1-3-4-15-11-14(9-10-20-15)17-12-13-5-7-16(8-6-13)21(2,18)19/h5-8,14-15,17H,3-4,9-12H2,1-2H3. The lowest BCUT2D eigenvalue weighted by Gasteiger charge is -2.30. The van der Waals surface area contributed by atoms with Crippen molar-refractivity contribution >= 4 is 9.84 Å². The fourth-order valence-electron chi connectivity index (χ4n) is 2.71. The predicted molar refractivity (Wildman–Crippen MR) is 84.1 cm³/mol. The van der Waals surface area contributed by atoms with E-state index in [9.17, 15) is 8.42 Å². The summed E-state index contributed by atoms with van der Waals surface area (Å²) >= 11 is 0. The van der Waals surface area contributed by atoms with Crippen LogP contribution in [0.5, 0.6) is 0 Å². The highest BCUT2D eigenvalue weighted by molar-refractivity contribution is 7.90. The molecule has 2 rings (SSSR count). The van der Waals surface area contributed by atoms with Crippen molar-refractivity contribution in [2.24, 2.45) is 0 Å². The van der Waals surface area contributed by atoms with Gasteiger partial charge in [-0.1, -0.05) is 25.5 Å². The van der Waals surface area contributed by atoms with E-state index >= 15 is 0 Å². The lowest BCUT2D eigenvalue weighted by molar-refractivity contribution is -0.00342. The summed E-state index contributed by atoms with van der Waals surface area (Å²) in [7, 11) is -3.11. The summed E-state index contributed by atoms with van der Waals surface area (Å²) in [6, 6.07) is 7.61. The van der Waals surface area contributed by atoms with E-state index in [1.54, 1.807) is 12.1 Å². The molecule has 1 saturated heterocycles. The molecular formula is C16H25NO3S. The van der Waals surface area contributed by atoms with Crippen LogP contribution in [-0.4, -0.2) is 33.4 Å². The molecule has 0 bridgehead atoms. The summed E-state index contributed by atoms with van der Waals surface area (Å²) in [5.41, 5.74) is 1.11. The molecule has 0 saturated carbocycles. The fraction of sp³-hybridized carbons (Fsp3) is 0.625. The highest BCUT2D eigenvalue weighted by atomic mass is 32.2. The molecule has 21 heavy (non-hydrogen) atoms. The molecular weight excluding hydrogens is 286 g/mol. The minimum Gasteiger partial charge on any atom is -0.378 e. The molecule has 1 N–H and O–H groups in total. The van der Waals surface area contributed by atoms with E-state index in [1.807, 2.05) is 12.1 Å². The van der Waals surface area contributed by atoms with Crippen molar-refractivity contribution in [3.8, 4) is 0 Å². The molecule has 0 radical (unpaired) electrons. The van der Waals surface area contributed by atoms with E-state index in [2.05, 4.69) is 12.2 Å². The van der Waals surface area contributed by atoms with Crippen LogP contribution in [0.4, 0.5) is 0 Å². The maximum atomic E-state index is 11.4. The van der Waals surface area contributed by atoms with Crippen LogP contribution in [0, 0.1) is 0 Å². The zero-order chi connectivity index (χ0) is 15.3. The summed E-state index contributed by atoms with van der Waals surface area (Å²) in [6.07, 6.45) is 6.01. The van der Waals surface area contributed by atoms with Gasteiger partial charge in [-0.15, -0.1) is 0 Å². The van der Waals surface area contributed by atoms with Crippen LogP contribution in [0.3, 0.4) is 0 Å². The van der Waals surface area contributed by atoms with Gasteiger partial charge in [0.25, 0.3) is 0 Å². The Kier molecular flexibility index (Phi) is 5.79. The van der Waals surface area contributed by atoms with Gasteiger partial charge in [-0.2, -0.15) is 0 Å². The maximum Gasteiger partial charge on any atom is 0.175 e. The molecule has 5 heteroatoms. The molecule has 118 valence electrons. The molecule has 4 nitrogen and oxygen atoms in total. The Bertz CT molecular complexity index is 537. The van der Waals surface area contributed by atoms with Crippen molar-refractivity contribution in [3.63, 3.8) is 0 Å². The number of benzene rings is 1. The Balaban J connectivity index is 1.85. The molecule has 1 heterocycles.